The maximum absolute atomic E-state index is 9.62. The lowest BCUT2D eigenvalue weighted by atomic mass is 10.2. The molecule has 0 aliphatic heterocycles. The highest BCUT2D eigenvalue weighted by atomic mass is 16.5. The monoisotopic (exact) mass is 275 g/mol. The molecule has 1 saturated carbocycles. The second-order valence-corrected chi connectivity index (χ2v) is 4.94. The van der Waals surface area contributed by atoms with E-state index < -0.39 is 0 Å². The van der Waals surface area contributed by atoms with Crippen molar-refractivity contribution in [2.24, 2.45) is 5.92 Å². The van der Waals surface area contributed by atoms with Crippen LogP contribution in [0.2, 0.25) is 0 Å². The van der Waals surface area contributed by atoms with Gasteiger partial charge >= 0.3 is 0 Å². The molecule has 0 radical (unpaired) electrons. The van der Waals surface area contributed by atoms with Crippen LogP contribution in [0.15, 0.2) is 22.7 Å². The number of aromatic nitrogens is 2. The zero-order valence-electron chi connectivity index (χ0n) is 11.2. The highest BCUT2D eigenvalue weighted by Gasteiger charge is 2.36. The third kappa shape index (κ3) is 2.46. The number of phenolic OH excluding ortho intramolecular Hbond substituents is 1. The van der Waals surface area contributed by atoms with Gasteiger partial charge in [0.1, 0.15) is 11.9 Å². The summed E-state index contributed by atoms with van der Waals surface area (Å²) in [6.45, 7) is 2.57. The van der Waals surface area contributed by atoms with Gasteiger partial charge in [0.05, 0.1) is 5.69 Å². The summed E-state index contributed by atoms with van der Waals surface area (Å²) in [7, 11) is 0. The van der Waals surface area contributed by atoms with Gasteiger partial charge in [0, 0.05) is 12.2 Å². The zero-order valence-corrected chi connectivity index (χ0v) is 11.2. The molecule has 6 heteroatoms. The quantitative estimate of drug-likeness (QED) is 0.643. The molecule has 1 heterocycles. The normalized spacial score (nSPS) is 16.2. The molecule has 1 unspecified atom stereocenters. The van der Waals surface area contributed by atoms with Crippen molar-refractivity contribution < 1.29 is 14.4 Å². The van der Waals surface area contributed by atoms with E-state index in [4.69, 9.17) is 15.0 Å². The molecular formula is C14H17N3O3. The first-order valence-corrected chi connectivity index (χ1v) is 6.73. The number of hydrogen-bond acceptors (Lipinski definition) is 6. The van der Waals surface area contributed by atoms with Gasteiger partial charge in [-0.25, -0.2) is 0 Å². The van der Waals surface area contributed by atoms with E-state index in [1.54, 1.807) is 12.1 Å². The van der Waals surface area contributed by atoms with Crippen LogP contribution in [-0.2, 0) is 4.74 Å². The number of hydrogen-bond donors (Lipinski definition) is 2. The van der Waals surface area contributed by atoms with Gasteiger partial charge in [0.25, 0.3) is 5.89 Å². The first-order chi connectivity index (χ1) is 9.69. The lowest BCUT2D eigenvalue weighted by Gasteiger charge is -2.10. The van der Waals surface area contributed by atoms with Gasteiger partial charge in [-0.2, -0.15) is 4.98 Å². The van der Waals surface area contributed by atoms with E-state index in [1.807, 2.05) is 6.92 Å². The molecule has 2 aromatic rings. The van der Waals surface area contributed by atoms with Crippen LogP contribution < -0.4 is 5.73 Å². The topological polar surface area (TPSA) is 94.4 Å². The van der Waals surface area contributed by atoms with Gasteiger partial charge in [-0.1, -0.05) is 5.16 Å². The number of nitrogen functional groups attached to an aromatic ring is 1. The highest BCUT2D eigenvalue weighted by Crippen LogP contribution is 2.42. The maximum Gasteiger partial charge on any atom is 0.258 e. The number of phenols is 1. The number of rotatable bonds is 5. The minimum atomic E-state index is -0.0973. The SMILES string of the molecule is CCOC(c1noc(-c2ccc(N)c(O)c2)n1)C1CC1. The summed E-state index contributed by atoms with van der Waals surface area (Å²) in [6, 6.07) is 4.86. The third-order valence-corrected chi connectivity index (χ3v) is 3.37. The second kappa shape index (κ2) is 5.13. The Morgan fingerprint density at radius 2 is 2.30 bits per heavy atom. The molecule has 0 bridgehead atoms. The number of ether oxygens (including phenoxy) is 1. The van der Waals surface area contributed by atoms with Gasteiger partial charge < -0.3 is 20.1 Å². The predicted octanol–water partition coefficient (Wildman–Crippen LogP) is 2.51. The summed E-state index contributed by atoms with van der Waals surface area (Å²) < 4.78 is 10.9. The predicted molar refractivity (Wildman–Crippen MR) is 72.9 cm³/mol. The summed E-state index contributed by atoms with van der Waals surface area (Å²) in [5, 5.41) is 13.6. The Balaban J connectivity index is 1.86. The molecule has 6 nitrogen and oxygen atoms in total. The average Bonchev–Trinajstić information content (AvgIpc) is 3.16. The van der Waals surface area contributed by atoms with Crippen molar-refractivity contribution in [1.29, 1.82) is 0 Å². The van der Waals surface area contributed by atoms with Gasteiger partial charge in [0.15, 0.2) is 0 Å². The number of nitrogens with two attached hydrogens (primary N) is 1. The molecule has 1 aliphatic rings. The molecule has 1 aromatic heterocycles. The molecular weight excluding hydrogens is 258 g/mol. The first kappa shape index (κ1) is 12.9. The molecule has 1 atom stereocenters. The molecule has 3 rings (SSSR count). The molecule has 1 fully saturated rings. The second-order valence-electron chi connectivity index (χ2n) is 4.94. The van der Waals surface area contributed by atoms with Gasteiger partial charge in [-0.05, 0) is 43.9 Å². The Morgan fingerprint density at radius 3 is 2.95 bits per heavy atom. The number of anilines is 1. The molecule has 1 aliphatic carbocycles. The lowest BCUT2D eigenvalue weighted by molar-refractivity contribution is 0.0385. The highest BCUT2D eigenvalue weighted by molar-refractivity contribution is 5.63. The van der Waals surface area contributed by atoms with Crippen LogP contribution in [-0.4, -0.2) is 21.9 Å². The summed E-state index contributed by atoms with van der Waals surface area (Å²) in [4.78, 5) is 4.38. The number of aromatic hydroxyl groups is 1. The smallest absolute Gasteiger partial charge is 0.258 e. The molecule has 0 spiro atoms. The summed E-state index contributed by atoms with van der Waals surface area (Å²) in [5.74, 6) is 1.42. The standard InChI is InChI=1S/C14H17N3O3/c1-2-19-12(8-3-4-8)13-16-14(20-17-13)9-5-6-10(15)11(18)7-9/h5-8,12,18H,2-4,15H2,1H3. The fourth-order valence-corrected chi connectivity index (χ4v) is 2.14. The zero-order chi connectivity index (χ0) is 14.1. The Kier molecular flexibility index (Phi) is 3.31. The minimum Gasteiger partial charge on any atom is -0.506 e. The molecule has 0 saturated heterocycles. The first-order valence-electron chi connectivity index (χ1n) is 6.73. The Morgan fingerprint density at radius 1 is 1.50 bits per heavy atom. The van der Waals surface area contributed by atoms with Crippen LogP contribution in [0.3, 0.4) is 0 Å². The van der Waals surface area contributed by atoms with E-state index >= 15 is 0 Å². The average molecular weight is 275 g/mol. The lowest BCUT2D eigenvalue weighted by Crippen LogP contribution is -2.08. The molecule has 20 heavy (non-hydrogen) atoms. The van der Waals surface area contributed by atoms with E-state index in [0.717, 1.165) is 12.8 Å². The summed E-state index contributed by atoms with van der Waals surface area (Å²) in [5.41, 5.74) is 6.53. The van der Waals surface area contributed by atoms with Crippen molar-refractivity contribution in [2.75, 3.05) is 12.3 Å². The van der Waals surface area contributed by atoms with Crippen molar-refractivity contribution >= 4 is 5.69 Å². The summed E-state index contributed by atoms with van der Waals surface area (Å²) in [6.07, 6.45) is 2.17. The van der Waals surface area contributed by atoms with Crippen LogP contribution in [0.25, 0.3) is 11.5 Å². The fraction of sp³-hybridized carbons (Fsp3) is 0.429. The Hall–Kier alpha value is -2.08. The van der Waals surface area contributed by atoms with Gasteiger partial charge in [0.2, 0.25) is 5.82 Å². The molecule has 0 amide bonds. The largest absolute Gasteiger partial charge is 0.506 e. The third-order valence-electron chi connectivity index (χ3n) is 3.37. The van der Waals surface area contributed by atoms with Crippen LogP contribution in [0.4, 0.5) is 5.69 Å². The van der Waals surface area contributed by atoms with E-state index in [0.29, 0.717) is 35.5 Å². The van der Waals surface area contributed by atoms with Gasteiger partial charge in [-0.15, -0.1) is 0 Å². The molecule has 1 aromatic carbocycles. The van der Waals surface area contributed by atoms with Crippen LogP contribution >= 0.6 is 0 Å². The maximum atomic E-state index is 9.62. The Labute approximate surface area is 116 Å². The van der Waals surface area contributed by atoms with Crippen LogP contribution in [0, 0.1) is 5.92 Å². The Bertz CT molecular complexity index is 607. The van der Waals surface area contributed by atoms with E-state index in [9.17, 15) is 5.11 Å². The van der Waals surface area contributed by atoms with E-state index in [2.05, 4.69) is 10.1 Å². The van der Waals surface area contributed by atoms with Crippen molar-refractivity contribution in [3.8, 4) is 17.2 Å². The van der Waals surface area contributed by atoms with Crippen LogP contribution in [0.1, 0.15) is 31.7 Å². The molecule has 106 valence electrons. The van der Waals surface area contributed by atoms with Crippen LogP contribution in [0.5, 0.6) is 5.75 Å². The summed E-state index contributed by atoms with van der Waals surface area (Å²) >= 11 is 0. The number of benzene rings is 1. The molecule has 3 N–H and O–H groups in total. The van der Waals surface area contributed by atoms with E-state index in [-0.39, 0.29) is 11.9 Å². The fourth-order valence-electron chi connectivity index (χ4n) is 2.14. The van der Waals surface area contributed by atoms with Gasteiger partial charge in [-0.3, -0.25) is 0 Å². The number of nitrogens with zero attached hydrogens (tertiary/aromatic N) is 2. The minimum absolute atomic E-state index is 0.00537. The van der Waals surface area contributed by atoms with Crippen molar-refractivity contribution in [1.82, 2.24) is 10.1 Å². The van der Waals surface area contributed by atoms with Crippen molar-refractivity contribution in [2.45, 2.75) is 25.9 Å². The van der Waals surface area contributed by atoms with Crippen molar-refractivity contribution in [3.05, 3.63) is 24.0 Å². The van der Waals surface area contributed by atoms with Crippen molar-refractivity contribution in [3.63, 3.8) is 0 Å². The van der Waals surface area contributed by atoms with E-state index in [1.165, 1.54) is 6.07 Å².